The Morgan fingerprint density at radius 3 is 2.14 bits per heavy atom. The SMILES string of the molecule is CCCC(C)COc1ccc([C@@H](CO)C(=O)N[C@H](C)c2ccc(OC)cc2)cc1. The molecule has 0 fully saturated rings. The molecule has 0 heterocycles. The number of ether oxygens (including phenoxy) is 2. The zero-order valence-electron chi connectivity index (χ0n) is 17.9. The van der Waals surface area contributed by atoms with Gasteiger partial charge in [0.1, 0.15) is 11.5 Å². The molecule has 158 valence electrons. The summed E-state index contributed by atoms with van der Waals surface area (Å²) < 4.78 is 11.0. The van der Waals surface area contributed by atoms with Crippen LogP contribution in [-0.2, 0) is 4.79 Å². The second-order valence-corrected chi connectivity index (χ2v) is 7.51. The summed E-state index contributed by atoms with van der Waals surface area (Å²) in [5.74, 6) is 1.23. The van der Waals surface area contributed by atoms with Crippen LogP contribution in [0.15, 0.2) is 48.5 Å². The summed E-state index contributed by atoms with van der Waals surface area (Å²) in [6.45, 7) is 6.68. The average molecular weight is 400 g/mol. The van der Waals surface area contributed by atoms with E-state index in [1.54, 1.807) is 7.11 Å². The molecule has 29 heavy (non-hydrogen) atoms. The van der Waals surface area contributed by atoms with Crippen LogP contribution in [0.2, 0.25) is 0 Å². The van der Waals surface area contributed by atoms with Crippen molar-refractivity contribution >= 4 is 5.91 Å². The molecule has 2 N–H and O–H groups in total. The molecule has 0 aliphatic carbocycles. The van der Waals surface area contributed by atoms with Crippen molar-refractivity contribution in [1.82, 2.24) is 5.32 Å². The number of hydrogen-bond acceptors (Lipinski definition) is 4. The highest BCUT2D eigenvalue weighted by Crippen LogP contribution is 2.23. The van der Waals surface area contributed by atoms with Crippen molar-refractivity contribution in [2.24, 2.45) is 5.92 Å². The molecule has 3 atom stereocenters. The van der Waals surface area contributed by atoms with Gasteiger partial charge in [-0.25, -0.2) is 0 Å². The van der Waals surface area contributed by atoms with Gasteiger partial charge in [0.05, 0.1) is 32.3 Å². The average Bonchev–Trinajstić information content (AvgIpc) is 2.74. The minimum atomic E-state index is -0.622. The third-order valence-corrected chi connectivity index (χ3v) is 5.07. The fraction of sp³-hybridized carbons (Fsp3) is 0.458. The lowest BCUT2D eigenvalue weighted by molar-refractivity contribution is -0.124. The Hall–Kier alpha value is -2.53. The van der Waals surface area contributed by atoms with Gasteiger partial charge in [-0.15, -0.1) is 0 Å². The van der Waals surface area contributed by atoms with Crippen LogP contribution in [-0.4, -0.2) is 31.3 Å². The molecule has 2 aromatic carbocycles. The zero-order valence-corrected chi connectivity index (χ0v) is 17.9. The van der Waals surface area contributed by atoms with Crippen molar-refractivity contribution in [2.45, 2.75) is 45.6 Å². The number of aliphatic hydroxyl groups excluding tert-OH is 1. The summed E-state index contributed by atoms with van der Waals surface area (Å²) in [5.41, 5.74) is 1.74. The molecule has 1 amide bonds. The van der Waals surface area contributed by atoms with Crippen LogP contribution in [0.1, 0.15) is 56.7 Å². The van der Waals surface area contributed by atoms with Crippen LogP contribution in [0.4, 0.5) is 0 Å². The Bertz CT molecular complexity index is 742. The van der Waals surface area contributed by atoms with E-state index in [-0.39, 0.29) is 18.6 Å². The van der Waals surface area contributed by atoms with Crippen LogP contribution >= 0.6 is 0 Å². The Morgan fingerprint density at radius 2 is 1.59 bits per heavy atom. The lowest BCUT2D eigenvalue weighted by Gasteiger charge is -2.20. The van der Waals surface area contributed by atoms with E-state index in [0.29, 0.717) is 12.5 Å². The molecule has 2 rings (SSSR count). The summed E-state index contributed by atoms with van der Waals surface area (Å²) in [7, 11) is 1.62. The standard InChI is InChI=1S/C24H33NO4/c1-5-6-17(2)16-29-22-13-9-20(10-14-22)23(15-26)24(27)25-18(3)19-7-11-21(28-4)12-8-19/h7-14,17-18,23,26H,5-6,15-16H2,1-4H3,(H,25,27)/t17?,18-,23-/m1/s1. The number of carbonyl (C=O) groups excluding carboxylic acids is 1. The molecule has 0 spiro atoms. The Morgan fingerprint density at radius 1 is 1.00 bits per heavy atom. The Labute approximate surface area is 174 Å². The van der Waals surface area contributed by atoms with Gasteiger partial charge in [0.2, 0.25) is 5.91 Å². The molecular formula is C24H33NO4. The highest BCUT2D eigenvalue weighted by atomic mass is 16.5. The van der Waals surface area contributed by atoms with Crippen molar-refractivity contribution in [3.8, 4) is 11.5 Å². The molecule has 5 nitrogen and oxygen atoms in total. The monoisotopic (exact) mass is 399 g/mol. The van der Waals surface area contributed by atoms with E-state index in [4.69, 9.17) is 9.47 Å². The van der Waals surface area contributed by atoms with Gasteiger partial charge in [-0.3, -0.25) is 4.79 Å². The van der Waals surface area contributed by atoms with Gasteiger partial charge in [-0.2, -0.15) is 0 Å². The molecule has 5 heteroatoms. The molecule has 2 aromatic rings. The van der Waals surface area contributed by atoms with E-state index < -0.39 is 5.92 Å². The number of nitrogens with one attached hydrogen (secondary N) is 1. The van der Waals surface area contributed by atoms with Crippen LogP contribution in [0.25, 0.3) is 0 Å². The maximum absolute atomic E-state index is 12.7. The van der Waals surface area contributed by atoms with Gasteiger partial charge in [-0.1, -0.05) is 44.5 Å². The van der Waals surface area contributed by atoms with Crippen molar-refractivity contribution in [2.75, 3.05) is 20.3 Å². The Kier molecular flexibility index (Phi) is 9.00. The predicted octanol–water partition coefficient (Wildman–Crippen LogP) is 4.46. The lowest BCUT2D eigenvalue weighted by atomic mass is 9.98. The normalized spacial score (nSPS) is 14.0. The first-order valence-electron chi connectivity index (χ1n) is 10.3. The van der Waals surface area contributed by atoms with Crippen molar-refractivity contribution in [1.29, 1.82) is 0 Å². The number of carbonyl (C=O) groups is 1. The molecule has 0 aliphatic rings. The van der Waals surface area contributed by atoms with Gasteiger partial charge < -0.3 is 19.9 Å². The van der Waals surface area contributed by atoms with Crippen LogP contribution in [0, 0.1) is 5.92 Å². The molecule has 0 aliphatic heterocycles. The second kappa shape index (κ2) is 11.5. The minimum absolute atomic E-state index is 0.176. The summed E-state index contributed by atoms with van der Waals surface area (Å²) >= 11 is 0. The first-order valence-corrected chi connectivity index (χ1v) is 10.3. The topological polar surface area (TPSA) is 67.8 Å². The van der Waals surface area contributed by atoms with Crippen molar-refractivity contribution < 1.29 is 19.4 Å². The Balaban J connectivity index is 1.97. The van der Waals surface area contributed by atoms with E-state index in [1.165, 1.54) is 0 Å². The molecule has 0 saturated carbocycles. The number of hydrogen-bond donors (Lipinski definition) is 2. The van der Waals surface area contributed by atoms with Crippen LogP contribution in [0.5, 0.6) is 11.5 Å². The van der Waals surface area contributed by atoms with E-state index >= 15 is 0 Å². The highest BCUT2D eigenvalue weighted by molar-refractivity contribution is 5.84. The number of aliphatic hydroxyl groups is 1. The summed E-state index contributed by atoms with van der Waals surface area (Å²) in [4.78, 5) is 12.7. The number of methoxy groups -OCH3 is 1. The van der Waals surface area contributed by atoms with E-state index in [1.807, 2.05) is 55.5 Å². The molecule has 0 bridgehead atoms. The zero-order chi connectivity index (χ0) is 21.2. The third-order valence-electron chi connectivity index (χ3n) is 5.07. The van der Waals surface area contributed by atoms with Crippen molar-refractivity contribution in [3.05, 3.63) is 59.7 Å². The van der Waals surface area contributed by atoms with Gasteiger partial charge in [0.25, 0.3) is 0 Å². The molecule has 0 aromatic heterocycles. The largest absolute Gasteiger partial charge is 0.497 e. The summed E-state index contributed by atoms with van der Waals surface area (Å²) in [5, 5.41) is 12.8. The fourth-order valence-corrected chi connectivity index (χ4v) is 3.24. The lowest BCUT2D eigenvalue weighted by Crippen LogP contribution is -2.33. The quantitative estimate of drug-likeness (QED) is 0.585. The van der Waals surface area contributed by atoms with Crippen LogP contribution in [0.3, 0.4) is 0 Å². The number of rotatable bonds is 11. The summed E-state index contributed by atoms with van der Waals surface area (Å²) in [6.07, 6.45) is 2.28. The van der Waals surface area contributed by atoms with Gasteiger partial charge in [-0.05, 0) is 54.7 Å². The maximum Gasteiger partial charge on any atom is 0.230 e. The first kappa shape index (κ1) is 22.8. The fourth-order valence-electron chi connectivity index (χ4n) is 3.24. The molecule has 1 unspecified atom stereocenters. The number of benzene rings is 2. The molecule has 0 radical (unpaired) electrons. The van der Waals surface area contributed by atoms with E-state index in [2.05, 4.69) is 19.2 Å². The van der Waals surface area contributed by atoms with Gasteiger partial charge >= 0.3 is 0 Å². The third kappa shape index (κ3) is 6.79. The van der Waals surface area contributed by atoms with E-state index in [9.17, 15) is 9.90 Å². The van der Waals surface area contributed by atoms with Crippen LogP contribution < -0.4 is 14.8 Å². The number of amides is 1. The predicted molar refractivity (Wildman–Crippen MR) is 115 cm³/mol. The van der Waals surface area contributed by atoms with Crippen molar-refractivity contribution in [3.63, 3.8) is 0 Å². The second-order valence-electron chi connectivity index (χ2n) is 7.51. The highest BCUT2D eigenvalue weighted by Gasteiger charge is 2.22. The minimum Gasteiger partial charge on any atom is -0.497 e. The van der Waals surface area contributed by atoms with Gasteiger partial charge in [0.15, 0.2) is 0 Å². The first-order chi connectivity index (χ1) is 14.0. The van der Waals surface area contributed by atoms with E-state index in [0.717, 1.165) is 35.5 Å². The maximum atomic E-state index is 12.7. The smallest absolute Gasteiger partial charge is 0.230 e. The molecular weight excluding hydrogens is 366 g/mol. The van der Waals surface area contributed by atoms with Gasteiger partial charge in [0, 0.05) is 0 Å². The molecule has 0 saturated heterocycles. The summed E-state index contributed by atoms with van der Waals surface area (Å²) in [6, 6.07) is 14.8.